The molecule has 0 spiro atoms. The molecule has 3 aromatic rings. The van der Waals surface area contributed by atoms with Crippen LogP contribution in [0.2, 0.25) is 0 Å². The number of hydrogen-bond acceptors (Lipinski definition) is 8. The number of carbonyl (C=O) groups excluding carboxylic acids is 2. The highest BCUT2D eigenvalue weighted by atomic mass is 32.2. The molecule has 1 unspecified atom stereocenters. The van der Waals surface area contributed by atoms with Crippen LogP contribution in [0.5, 0.6) is 0 Å². The minimum atomic E-state index is -2.44. The Morgan fingerprint density at radius 1 is 1.05 bits per heavy atom. The Kier molecular flexibility index (Phi) is 11.0. The van der Waals surface area contributed by atoms with Crippen molar-refractivity contribution in [3.8, 4) is 0 Å². The number of rotatable bonds is 13. The summed E-state index contributed by atoms with van der Waals surface area (Å²) in [5.74, 6) is -0.358. The second kappa shape index (κ2) is 14.4. The summed E-state index contributed by atoms with van der Waals surface area (Å²) in [6.07, 6.45) is 1.83. The summed E-state index contributed by atoms with van der Waals surface area (Å²) in [6.45, 7) is 2.08. The molecule has 0 aliphatic rings. The Hall–Kier alpha value is -3.32. The van der Waals surface area contributed by atoms with Gasteiger partial charge in [-0.25, -0.2) is 15.3 Å². The van der Waals surface area contributed by atoms with E-state index < -0.39 is 29.5 Å². The average molecular weight is 547 g/mol. The van der Waals surface area contributed by atoms with E-state index in [1.165, 1.54) is 18.4 Å². The lowest BCUT2D eigenvalue weighted by molar-refractivity contribution is -0.123. The highest BCUT2D eigenvalue weighted by molar-refractivity contribution is 7.74. The van der Waals surface area contributed by atoms with Crippen LogP contribution in [-0.4, -0.2) is 38.9 Å². The fourth-order valence-corrected chi connectivity index (χ4v) is 4.69. The van der Waals surface area contributed by atoms with Crippen LogP contribution in [0.25, 0.3) is 0 Å². The Bertz CT molecular complexity index is 1170. The van der Waals surface area contributed by atoms with E-state index >= 15 is 0 Å². The van der Waals surface area contributed by atoms with Gasteiger partial charge in [0.15, 0.2) is 0 Å². The number of aromatic nitrogens is 1. The Morgan fingerprint density at radius 3 is 2.41 bits per heavy atom. The summed E-state index contributed by atoms with van der Waals surface area (Å²) in [5.41, 5.74) is 5.63. The molecular weight excluding hydrogens is 516 g/mol. The van der Waals surface area contributed by atoms with Crippen molar-refractivity contribution < 1.29 is 27.4 Å². The van der Waals surface area contributed by atoms with Crippen molar-refractivity contribution in [2.75, 3.05) is 12.6 Å². The first-order valence-corrected chi connectivity index (χ1v) is 13.5. The lowest BCUT2D eigenvalue weighted by Crippen LogP contribution is -2.49. The fourth-order valence-electron chi connectivity index (χ4n) is 3.61. The predicted octanol–water partition coefficient (Wildman–Crippen LogP) is 3.94. The molecule has 0 saturated carbocycles. The highest BCUT2D eigenvalue weighted by Gasteiger charge is 2.26. The number of aryl methyl sites for hydroxylation is 1. The minimum Gasteiger partial charge on any atom is -0.453 e. The average Bonchev–Trinajstić information content (AvgIpc) is 3.36. The normalized spacial score (nSPS) is 13.3. The second-order valence-corrected chi connectivity index (χ2v) is 9.66. The molecule has 2 aromatic carbocycles. The van der Waals surface area contributed by atoms with E-state index in [-0.39, 0.29) is 5.91 Å². The molecule has 0 aliphatic heterocycles. The van der Waals surface area contributed by atoms with Gasteiger partial charge >= 0.3 is 17.5 Å². The molecular formula is C25H30N4O6S2. The van der Waals surface area contributed by atoms with Gasteiger partial charge in [0.2, 0.25) is 5.91 Å². The SMILES string of the molecule is CCCc1csc([C@H](Cc2ccc(NOS(=O)O)cc2)NC(=O)[C@H](Cc2ccccc2)NC(=O)OC)n1. The molecule has 2 amide bonds. The van der Waals surface area contributed by atoms with E-state index in [2.05, 4.69) is 27.3 Å². The predicted molar refractivity (Wildman–Crippen MR) is 142 cm³/mol. The summed E-state index contributed by atoms with van der Waals surface area (Å²) in [6, 6.07) is 15.1. The summed E-state index contributed by atoms with van der Waals surface area (Å²) < 4.78 is 28.7. The summed E-state index contributed by atoms with van der Waals surface area (Å²) in [7, 11) is 1.25. The molecule has 198 valence electrons. The third-order valence-electron chi connectivity index (χ3n) is 5.39. The molecule has 12 heteroatoms. The topological polar surface area (TPSA) is 139 Å². The molecule has 3 atom stereocenters. The number of thiazole rings is 1. The van der Waals surface area contributed by atoms with Gasteiger partial charge in [0.25, 0.3) is 0 Å². The Balaban J connectivity index is 1.80. The van der Waals surface area contributed by atoms with Crippen molar-refractivity contribution in [2.45, 2.75) is 44.7 Å². The Labute approximate surface area is 222 Å². The van der Waals surface area contributed by atoms with Gasteiger partial charge < -0.3 is 15.4 Å². The van der Waals surface area contributed by atoms with Gasteiger partial charge in [0.1, 0.15) is 11.0 Å². The number of benzene rings is 2. The fraction of sp³-hybridized carbons (Fsp3) is 0.320. The van der Waals surface area contributed by atoms with Crippen LogP contribution in [0.1, 0.15) is 41.2 Å². The van der Waals surface area contributed by atoms with Gasteiger partial charge in [0, 0.05) is 11.8 Å². The molecule has 0 aliphatic carbocycles. The van der Waals surface area contributed by atoms with E-state index in [1.807, 2.05) is 47.8 Å². The van der Waals surface area contributed by atoms with Crippen LogP contribution in [0.15, 0.2) is 60.0 Å². The molecule has 10 nitrogen and oxygen atoms in total. The van der Waals surface area contributed by atoms with Gasteiger partial charge in [-0.3, -0.25) is 9.35 Å². The monoisotopic (exact) mass is 546 g/mol. The van der Waals surface area contributed by atoms with Crippen LogP contribution in [-0.2, 0) is 44.4 Å². The number of hydrogen-bond donors (Lipinski definition) is 4. The van der Waals surface area contributed by atoms with Gasteiger partial charge in [0.05, 0.1) is 24.5 Å². The third-order valence-corrected chi connectivity index (χ3v) is 6.62. The van der Waals surface area contributed by atoms with Crippen LogP contribution in [0.4, 0.5) is 10.5 Å². The van der Waals surface area contributed by atoms with Gasteiger partial charge in [-0.15, -0.1) is 15.6 Å². The molecule has 1 aromatic heterocycles. The first-order valence-electron chi connectivity index (χ1n) is 11.6. The number of alkyl carbamates (subject to hydrolysis) is 1. The quantitative estimate of drug-likeness (QED) is 0.187. The van der Waals surface area contributed by atoms with E-state index in [4.69, 9.17) is 14.3 Å². The van der Waals surface area contributed by atoms with Crippen LogP contribution in [0, 0.1) is 0 Å². The molecule has 0 bridgehead atoms. The van der Waals surface area contributed by atoms with Crippen molar-refractivity contribution >= 4 is 40.4 Å². The summed E-state index contributed by atoms with van der Waals surface area (Å²) >= 11 is -0.965. The molecule has 3 rings (SSSR count). The third kappa shape index (κ3) is 9.25. The second-order valence-electron chi connectivity index (χ2n) is 8.17. The number of nitrogens with zero attached hydrogens (tertiary/aromatic N) is 1. The van der Waals surface area contributed by atoms with Crippen LogP contribution < -0.4 is 16.1 Å². The molecule has 0 saturated heterocycles. The smallest absolute Gasteiger partial charge is 0.407 e. The summed E-state index contributed by atoms with van der Waals surface area (Å²) in [5, 5.41) is 8.45. The number of carbonyl (C=O) groups is 2. The summed E-state index contributed by atoms with van der Waals surface area (Å²) in [4.78, 5) is 30.2. The van der Waals surface area contributed by atoms with Crippen molar-refractivity contribution in [1.82, 2.24) is 15.6 Å². The van der Waals surface area contributed by atoms with Crippen molar-refractivity contribution in [2.24, 2.45) is 0 Å². The molecule has 4 N–H and O–H groups in total. The maximum Gasteiger partial charge on any atom is 0.407 e. The lowest BCUT2D eigenvalue weighted by Gasteiger charge is -2.22. The molecule has 0 fully saturated rings. The molecule has 37 heavy (non-hydrogen) atoms. The standard InChI is InChI=1S/C25H30N4O6S2/c1-3-7-20-16-36-24(26-20)22(15-18-10-12-19(13-11-18)29-35-37(32)33)27-23(30)21(28-25(31)34-2)14-17-8-5-4-6-9-17/h4-6,8-13,16,21-22,29H,3,7,14-15H2,1-2H3,(H,27,30)(H,28,31)(H,32,33)/t21-,22-/m0/s1. The Morgan fingerprint density at radius 2 is 1.76 bits per heavy atom. The number of nitrogens with one attached hydrogen (secondary N) is 3. The van der Waals surface area contributed by atoms with Gasteiger partial charge in [-0.2, -0.15) is 4.21 Å². The van der Waals surface area contributed by atoms with E-state index in [0.29, 0.717) is 18.5 Å². The maximum absolute atomic E-state index is 13.4. The number of amides is 2. The first kappa shape index (κ1) is 28.3. The van der Waals surface area contributed by atoms with E-state index in [0.717, 1.165) is 34.7 Å². The van der Waals surface area contributed by atoms with E-state index in [1.54, 1.807) is 12.1 Å². The zero-order chi connectivity index (χ0) is 26.6. The lowest BCUT2D eigenvalue weighted by atomic mass is 10.0. The van der Waals surface area contributed by atoms with Crippen LogP contribution >= 0.6 is 11.3 Å². The first-order chi connectivity index (χ1) is 17.9. The van der Waals surface area contributed by atoms with Crippen molar-refractivity contribution in [1.29, 1.82) is 0 Å². The zero-order valence-electron chi connectivity index (χ0n) is 20.5. The van der Waals surface area contributed by atoms with Crippen molar-refractivity contribution in [3.05, 3.63) is 81.8 Å². The van der Waals surface area contributed by atoms with Crippen molar-refractivity contribution in [3.63, 3.8) is 0 Å². The number of anilines is 1. The number of ether oxygens (including phenoxy) is 1. The van der Waals surface area contributed by atoms with Crippen LogP contribution in [0.3, 0.4) is 0 Å². The van der Waals surface area contributed by atoms with Gasteiger partial charge in [-0.05, 0) is 36.1 Å². The number of methoxy groups -OCH3 is 1. The molecule has 1 heterocycles. The molecule has 0 radical (unpaired) electrons. The zero-order valence-corrected chi connectivity index (χ0v) is 22.1. The largest absolute Gasteiger partial charge is 0.453 e. The highest BCUT2D eigenvalue weighted by Crippen LogP contribution is 2.24. The maximum atomic E-state index is 13.4. The van der Waals surface area contributed by atoms with E-state index in [9.17, 15) is 13.8 Å². The minimum absolute atomic E-state index is 0.292. The van der Waals surface area contributed by atoms with Gasteiger partial charge in [-0.1, -0.05) is 55.8 Å².